The highest BCUT2D eigenvalue weighted by molar-refractivity contribution is 5.94. The third-order valence-electron chi connectivity index (χ3n) is 5.21. The Morgan fingerprint density at radius 1 is 1.26 bits per heavy atom. The van der Waals surface area contributed by atoms with Crippen LogP contribution in [0, 0.1) is 5.82 Å². The number of halogens is 1. The van der Waals surface area contributed by atoms with Crippen molar-refractivity contribution in [3.63, 3.8) is 0 Å². The van der Waals surface area contributed by atoms with Crippen LogP contribution in [-0.2, 0) is 24.0 Å². The van der Waals surface area contributed by atoms with Gasteiger partial charge < -0.3 is 15.2 Å². The van der Waals surface area contributed by atoms with Gasteiger partial charge in [0, 0.05) is 20.0 Å². The Bertz CT molecular complexity index is 944. The highest BCUT2D eigenvalue weighted by Gasteiger charge is 2.34. The first kappa shape index (κ1) is 26.4. The number of nitrogens with one attached hydrogen (secondary N) is 2. The lowest BCUT2D eigenvalue weighted by Crippen LogP contribution is -2.59. The van der Waals surface area contributed by atoms with Crippen molar-refractivity contribution in [2.45, 2.75) is 37.8 Å². The summed E-state index contributed by atoms with van der Waals surface area (Å²) >= 11 is 0. The first-order valence-corrected chi connectivity index (χ1v) is 10.5. The van der Waals surface area contributed by atoms with Crippen molar-refractivity contribution in [1.82, 2.24) is 25.8 Å². The van der Waals surface area contributed by atoms with Gasteiger partial charge in [-0.15, -0.1) is 0 Å². The lowest BCUT2D eigenvalue weighted by Gasteiger charge is -2.41. The standard InChI is InChI=1S/C21H26FN5O7/c1-25-17(21(34)23-14(12-28)11-19(31)32)7-4-9-27(25)18(30)8-10-26(13-29)24-20(33)15-5-2-3-6-16(15)22/h2-3,5-6,12-14,17H,4,7-11H2,1H3,(H,23,34)(H,24,33)(H,31,32). The Hall–Kier alpha value is -3.87. The minimum absolute atomic E-state index is 0.199. The van der Waals surface area contributed by atoms with Crippen molar-refractivity contribution in [1.29, 1.82) is 0 Å². The Morgan fingerprint density at radius 3 is 2.59 bits per heavy atom. The molecular weight excluding hydrogens is 453 g/mol. The first-order valence-electron chi connectivity index (χ1n) is 10.5. The fraction of sp³-hybridized carbons (Fsp3) is 0.429. The maximum absolute atomic E-state index is 13.7. The van der Waals surface area contributed by atoms with Crippen LogP contribution < -0.4 is 10.7 Å². The molecule has 1 aliphatic rings. The number of aliphatic carboxylic acids is 1. The number of carboxylic acid groups (broad SMARTS) is 1. The average Bonchev–Trinajstić information content (AvgIpc) is 2.80. The zero-order valence-electron chi connectivity index (χ0n) is 18.5. The molecule has 0 aromatic heterocycles. The van der Waals surface area contributed by atoms with Gasteiger partial charge in [0.2, 0.25) is 18.2 Å². The molecule has 0 saturated carbocycles. The van der Waals surface area contributed by atoms with E-state index in [1.807, 2.05) is 0 Å². The van der Waals surface area contributed by atoms with Gasteiger partial charge in [0.15, 0.2) is 0 Å². The van der Waals surface area contributed by atoms with Crippen molar-refractivity contribution < 1.29 is 38.3 Å². The molecule has 1 aromatic carbocycles. The van der Waals surface area contributed by atoms with Gasteiger partial charge >= 0.3 is 5.97 Å². The van der Waals surface area contributed by atoms with Gasteiger partial charge in [-0.1, -0.05) is 12.1 Å². The third kappa shape index (κ3) is 7.07. The molecule has 0 radical (unpaired) electrons. The third-order valence-corrected chi connectivity index (χ3v) is 5.21. The van der Waals surface area contributed by atoms with Gasteiger partial charge in [-0.3, -0.25) is 39.4 Å². The Kier molecular flexibility index (Phi) is 9.62. The van der Waals surface area contributed by atoms with E-state index in [2.05, 4.69) is 10.7 Å². The molecule has 1 saturated heterocycles. The van der Waals surface area contributed by atoms with Crippen LogP contribution in [0.1, 0.15) is 36.0 Å². The number of hydrogen-bond acceptors (Lipinski definition) is 7. The summed E-state index contributed by atoms with van der Waals surface area (Å²) in [5, 5.41) is 14.7. The van der Waals surface area contributed by atoms with Gasteiger partial charge in [-0.05, 0) is 25.0 Å². The number of rotatable bonds is 11. The summed E-state index contributed by atoms with van der Waals surface area (Å²) in [6.07, 6.45) is 0.717. The highest BCUT2D eigenvalue weighted by Crippen LogP contribution is 2.18. The smallest absolute Gasteiger partial charge is 0.305 e. The second-order valence-corrected chi connectivity index (χ2v) is 7.57. The Morgan fingerprint density at radius 2 is 1.97 bits per heavy atom. The molecule has 4 amide bonds. The minimum Gasteiger partial charge on any atom is -0.481 e. The van der Waals surface area contributed by atoms with Crippen LogP contribution in [0.4, 0.5) is 4.39 Å². The number of hydrazine groups is 2. The predicted molar refractivity (Wildman–Crippen MR) is 114 cm³/mol. The second-order valence-electron chi connectivity index (χ2n) is 7.57. The quantitative estimate of drug-likeness (QED) is 0.278. The van der Waals surface area contributed by atoms with Gasteiger partial charge in [0.1, 0.15) is 18.1 Å². The van der Waals surface area contributed by atoms with E-state index in [4.69, 9.17) is 5.11 Å². The van der Waals surface area contributed by atoms with E-state index in [1.165, 1.54) is 35.3 Å². The summed E-state index contributed by atoms with van der Waals surface area (Å²) in [6, 6.07) is 3.22. The molecular formula is C21H26FN5O7. The average molecular weight is 479 g/mol. The van der Waals surface area contributed by atoms with E-state index in [0.29, 0.717) is 32.1 Å². The van der Waals surface area contributed by atoms with Gasteiger partial charge in [0.25, 0.3) is 5.91 Å². The number of amides is 4. The largest absolute Gasteiger partial charge is 0.481 e. The molecule has 0 spiro atoms. The molecule has 0 bridgehead atoms. The zero-order valence-corrected chi connectivity index (χ0v) is 18.5. The van der Waals surface area contributed by atoms with Crippen molar-refractivity contribution in [2.75, 3.05) is 20.1 Å². The van der Waals surface area contributed by atoms with Crippen LogP contribution in [0.5, 0.6) is 0 Å². The van der Waals surface area contributed by atoms with Crippen molar-refractivity contribution in [3.05, 3.63) is 35.6 Å². The maximum atomic E-state index is 13.7. The highest BCUT2D eigenvalue weighted by atomic mass is 19.1. The molecule has 1 heterocycles. The SMILES string of the molecule is CN1C(C(=O)NC(C=O)CC(=O)O)CCCN1C(=O)CCN(C=O)NC(=O)c1ccccc1F. The lowest BCUT2D eigenvalue weighted by atomic mass is 10.1. The summed E-state index contributed by atoms with van der Waals surface area (Å²) < 4.78 is 13.7. The number of benzene rings is 1. The summed E-state index contributed by atoms with van der Waals surface area (Å²) in [6.45, 7) is 0.101. The second kappa shape index (κ2) is 12.4. The molecule has 0 aliphatic carbocycles. The number of carbonyl (C=O) groups is 6. The molecule has 34 heavy (non-hydrogen) atoms. The minimum atomic E-state index is -1.24. The fourth-order valence-corrected chi connectivity index (χ4v) is 3.46. The lowest BCUT2D eigenvalue weighted by molar-refractivity contribution is -0.161. The summed E-state index contributed by atoms with van der Waals surface area (Å²) in [5.41, 5.74) is 1.96. The van der Waals surface area contributed by atoms with E-state index in [9.17, 15) is 33.2 Å². The van der Waals surface area contributed by atoms with E-state index < -0.39 is 48.0 Å². The molecule has 3 N–H and O–H groups in total. The van der Waals surface area contributed by atoms with Crippen LogP contribution >= 0.6 is 0 Å². The normalized spacial score (nSPS) is 16.8. The summed E-state index contributed by atoms with van der Waals surface area (Å²) in [7, 11) is 1.51. The molecule has 2 unspecified atom stereocenters. The fourth-order valence-electron chi connectivity index (χ4n) is 3.46. The number of hydrogen-bond donors (Lipinski definition) is 3. The number of likely N-dealkylation sites (N-methyl/N-ethyl adjacent to an activating group) is 1. The summed E-state index contributed by atoms with van der Waals surface area (Å²) in [4.78, 5) is 70.6. The maximum Gasteiger partial charge on any atom is 0.305 e. The molecule has 12 nitrogen and oxygen atoms in total. The van der Waals surface area contributed by atoms with Crippen LogP contribution in [0.2, 0.25) is 0 Å². The topological polar surface area (TPSA) is 156 Å². The number of carboxylic acids is 1. The van der Waals surface area contributed by atoms with Crippen molar-refractivity contribution in [3.8, 4) is 0 Å². The number of carbonyl (C=O) groups excluding carboxylic acids is 5. The summed E-state index contributed by atoms with van der Waals surface area (Å²) in [5.74, 6) is -3.89. The molecule has 2 rings (SSSR count). The number of nitrogens with zero attached hydrogens (tertiary/aromatic N) is 3. The van der Waals surface area contributed by atoms with Crippen LogP contribution in [0.3, 0.4) is 0 Å². The molecule has 1 fully saturated rings. The molecule has 13 heteroatoms. The molecule has 2 atom stereocenters. The van der Waals surface area contributed by atoms with Gasteiger partial charge in [-0.2, -0.15) is 0 Å². The van der Waals surface area contributed by atoms with Crippen LogP contribution in [0.15, 0.2) is 24.3 Å². The first-order chi connectivity index (χ1) is 16.2. The zero-order chi connectivity index (χ0) is 25.3. The Labute approximate surface area is 194 Å². The molecule has 1 aliphatic heterocycles. The molecule has 1 aromatic rings. The molecule has 184 valence electrons. The van der Waals surface area contributed by atoms with Gasteiger partial charge in [-0.25, -0.2) is 9.40 Å². The van der Waals surface area contributed by atoms with Gasteiger partial charge in [0.05, 0.1) is 24.6 Å². The van der Waals surface area contributed by atoms with E-state index in [-0.39, 0.29) is 18.5 Å². The van der Waals surface area contributed by atoms with Crippen LogP contribution in [0.25, 0.3) is 0 Å². The monoisotopic (exact) mass is 479 g/mol. The van der Waals surface area contributed by atoms with E-state index >= 15 is 0 Å². The van der Waals surface area contributed by atoms with E-state index in [0.717, 1.165) is 11.1 Å². The van der Waals surface area contributed by atoms with E-state index in [1.54, 1.807) is 0 Å². The predicted octanol–water partition coefficient (Wildman–Crippen LogP) is -0.685. The van der Waals surface area contributed by atoms with Crippen molar-refractivity contribution in [2.24, 2.45) is 0 Å². The number of aldehydes is 1. The van der Waals surface area contributed by atoms with Crippen LogP contribution in [-0.4, -0.2) is 88.7 Å². The van der Waals surface area contributed by atoms with Crippen molar-refractivity contribution >= 4 is 36.4 Å². The Balaban J connectivity index is 1.94.